The van der Waals surface area contributed by atoms with Crippen molar-refractivity contribution in [1.29, 1.82) is 0 Å². The standard InChI is InChI=1S/C25H24N4O6/c1-3-13-6-4-7-15-21(13)26-24(32)25(15)20-19(17-8-5-11-27(17)25)22(30)28(23(20)31)16-10-9-14(29(33)34)12-18(16)35-2/h4,6-7,9-10,12,17,19-20H,3,5,8,11H2,1-2H3,(H,26,32)/t17-,19-,20-,25+/m1/s1. The number of carbonyl (C=O) groups is 3. The number of nitrogens with zero attached hydrogens (tertiary/aromatic N) is 3. The molecule has 4 aliphatic rings. The first-order valence-electron chi connectivity index (χ1n) is 11.8. The number of fused-ring (bicyclic) bond motifs is 7. The Hall–Kier alpha value is -3.79. The molecule has 1 N–H and O–H groups in total. The van der Waals surface area contributed by atoms with Crippen LogP contribution in [0.4, 0.5) is 17.1 Å². The summed E-state index contributed by atoms with van der Waals surface area (Å²) in [7, 11) is 1.33. The number of rotatable bonds is 4. The van der Waals surface area contributed by atoms with E-state index in [0.29, 0.717) is 13.0 Å². The largest absolute Gasteiger partial charge is 0.494 e. The van der Waals surface area contributed by atoms with Crippen LogP contribution < -0.4 is 15.0 Å². The monoisotopic (exact) mass is 476 g/mol. The number of carbonyl (C=O) groups excluding carboxylic acids is 3. The third kappa shape index (κ3) is 2.54. The van der Waals surface area contributed by atoms with Crippen LogP contribution in [0.5, 0.6) is 5.75 Å². The molecular weight excluding hydrogens is 452 g/mol. The highest BCUT2D eigenvalue weighted by atomic mass is 16.6. The molecule has 4 aliphatic heterocycles. The first kappa shape index (κ1) is 21.7. The van der Waals surface area contributed by atoms with Crippen molar-refractivity contribution in [3.63, 3.8) is 0 Å². The van der Waals surface area contributed by atoms with Crippen LogP contribution in [0, 0.1) is 22.0 Å². The summed E-state index contributed by atoms with van der Waals surface area (Å²) in [6, 6.07) is 9.31. The van der Waals surface area contributed by atoms with Gasteiger partial charge in [-0.3, -0.25) is 29.4 Å². The molecule has 0 saturated carbocycles. The van der Waals surface area contributed by atoms with E-state index in [9.17, 15) is 24.5 Å². The zero-order valence-electron chi connectivity index (χ0n) is 19.3. The highest BCUT2D eigenvalue weighted by Crippen LogP contribution is 2.61. The third-order valence-corrected chi connectivity index (χ3v) is 8.11. The lowest BCUT2D eigenvalue weighted by molar-refractivity contribution is -0.384. The van der Waals surface area contributed by atoms with Gasteiger partial charge in [0.05, 0.1) is 35.6 Å². The summed E-state index contributed by atoms with van der Waals surface area (Å²) < 4.78 is 5.34. The van der Waals surface area contributed by atoms with E-state index in [-0.39, 0.29) is 29.1 Å². The Balaban J connectivity index is 1.53. The van der Waals surface area contributed by atoms with Crippen LogP contribution in [0.3, 0.4) is 0 Å². The average Bonchev–Trinajstić information content (AvgIpc) is 3.56. The molecule has 0 aromatic heterocycles. The molecule has 2 aromatic rings. The summed E-state index contributed by atoms with van der Waals surface area (Å²) in [5, 5.41) is 14.3. The first-order chi connectivity index (χ1) is 16.9. The van der Waals surface area contributed by atoms with Crippen molar-refractivity contribution in [2.24, 2.45) is 11.8 Å². The second-order valence-electron chi connectivity index (χ2n) is 9.45. The van der Waals surface area contributed by atoms with E-state index in [2.05, 4.69) is 10.2 Å². The van der Waals surface area contributed by atoms with Gasteiger partial charge in [-0.1, -0.05) is 25.1 Å². The van der Waals surface area contributed by atoms with E-state index < -0.39 is 34.1 Å². The number of non-ortho nitro benzene ring substituents is 1. The van der Waals surface area contributed by atoms with Crippen LogP contribution in [0.2, 0.25) is 0 Å². The number of methoxy groups -OCH3 is 1. The van der Waals surface area contributed by atoms with Gasteiger partial charge in [-0.2, -0.15) is 0 Å². The normalized spacial score (nSPS) is 28.9. The van der Waals surface area contributed by atoms with Gasteiger partial charge in [-0.25, -0.2) is 4.90 Å². The highest BCUT2D eigenvalue weighted by molar-refractivity contribution is 6.26. The van der Waals surface area contributed by atoms with E-state index in [1.54, 1.807) is 0 Å². The summed E-state index contributed by atoms with van der Waals surface area (Å²) in [5.74, 6) is -2.67. The Kier molecular flexibility index (Phi) is 4.56. The molecule has 0 bridgehead atoms. The molecule has 180 valence electrons. The number of nitrogens with one attached hydrogen (secondary N) is 1. The number of imide groups is 1. The Labute approximate surface area is 201 Å². The predicted molar refractivity (Wildman–Crippen MR) is 125 cm³/mol. The van der Waals surface area contributed by atoms with E-state index in [0.717, 1.165) is 34.6 Å². The Bertz CT molecular complexity index is 1330. The number of anilines is 2. The first-order valence-corrected chi connectivity index (χ1v) is 11.8. The zero-order chi connectivity index (χ0) is 24.6. The lowest BCUT2D eigenvalue weighted by Crippen LogP contribution is -2.54. The van der Waals surface area contributed by atoms with Gasteiger partial charge in [0.1, 0.15) is 11.3 Å². The number of benzene rings is 2. The van der Waals surface area contributed by atoms with E-state index in [1.165, 1.54) is 25.3 Å². The number of nitro benzene ring substituents is 1. The van der Waals surface area contributed by atoms with Crippen molar-refractivity contribution in [3.05, 3.63) is 57.6 Å². The van der Waals surface area contributed by atoms with Crippen LogP contribution in [-0.2, 0) is 26.3 Å². The number of para-hydroxylation sites is 1. The Morgan fingerprint density at radius 2 is 2.00 bits per heavy atom. The summed E-state index contributed by atoms with van der Waals surface area (Å²) in [6.45, 7) is 2.64. The van der Waals surface area contributed by atoms with Crippen molar-refractivity contribution in [1.82, 2.24) is 4.90 Å². The zero-order valence-corrected chi connectivity index (χ0v) is 19.3. The minimum Gasteiger partial charge on any atom is -0.494 e. The second-order valence-corrected chi connectivity index (χ2v) is 9.45. The topological polar surface area (TPSA) is 122 Å². The molecule has 3 fully saturated rings. The van der Waals surface area contributed by atoms with Gasteiger partial charge in [-0.05, 0) is 37.4 Å². The lowest BCUT2D eigenvalue weighted by atomic mass is 9.75. The number of nitro groups is 1. The maximum atomic E-state index is 14.1. The number of aryl methyl sites for hydroxylation is 1. The molecule has 35 heavy (non-hydrogen) atoms. The van der Waals surface area contributed by atoms with Gasteiger partial charge in [0.25, 0.3) is 5.69 Å². The molecule has 0 unspecified atom stereocenters. The van der Waals surface area contributed by atoms with Crippen molar-refractivity contribution in [2.45, 2.75) is 37.8 Å². The van der Waals surface area contributed by atoms with Crippen LogP contribution in [-0.4, -0.2) is 47.2 Å². The molecule has 3 amide bonds. The fourth-order valence-corrected chi connectivity index (χ4v) is 6.79. The van der Waals surface area contributed by atoms with Crippen LogP contribution in [0.15, 0.2) is 36.4 Å². The Morgan fingerprint density at radius 3 is 2.71 bits per heavy atom. The van der Waals surface area contributed by atoms with E-state index in [1.807, 2.05) is 25.1 Å². The summed E-state index contributed by atoms with van der Waals surface area (Å²) in [6.07, 6.45) is 2.26. The average molecular weight is 476 g/mol. The SMILES string of the molecule is CCc1cccc2c1NC(=O)[C@@]21[C@H]2C(=O)N(c3ccc([N+](=O)[O-])cc3OC)C(=O)[C@@H]2[C@H]2CCCN21. The molecule has 4 heterocycles. The summed E-state index contributed by atoms with van der Waals surface area (Å²) >= 11 is 0. The molecule has 6 rings (SSSR count). The van der Waals surface area contributed by atoms with Crippen LogP contribution >= 0.6 is 0 Å². The van der Waals surface area contributed by atoms with E-state index in [4.69, 9.17) is 4.74 Å². The smallest absolute Gasteiger partial charge is 0.273 e. The molecule has 4 atom stereocenters. The molecule has 3 saturated heterocycles. The van der Waals surface area contributed by atoms with Gasteiger partial charge in [0.15, 0.2) is 0 Å². The number of amides is 3. The Morgan fingerprint density at radius 1 is 1.20 bits per heavy atom. The summed E-state index contributed by atoms with van der Waals surface area (Å²) in [4.78, 5) is 55.6. The van der Waals surface area contributed by atoms with Gasteiger partial charge in [0, 0.05) is 23.4 Å². The molecular formula is C25H24N4O6. The number of hydrogen-bond donors (Lipinski definition) is 1. The van der Waals surface area contributed by atoms with Gasteiger partial charge in [-0.15, -0.1) is 0 Å². The van der Waals surface area contributed by atoms with Crippen molar-refractivity contribution >= 4 is 34.8 Å². The molecule has 0 aliphatic carbocycles. The van der Waals surface area contributed by atoms with E-state index >= 15 is 0 Å². The fraction of sp³-hybridized carbons (Fsp3) is 0.400. The molecule has 10 heteroatoms. The minimum atomic E-state index is -1.26. The molecule has 1 spiro atoms. The van der Waals surface area contributed by atoms with Crippen molar-refractivity contribution < 1.29 is 24.0 Å². The minimum absolute atomic E-state index is 0.0581. The molecule has 2 aromatic carbocycles. The number of hydrogen-bond acceptors (Lipinski definition) is 7. The van der Waals surface area contributed by atoms with Gasteiger partial charge < -0.3 is 10.1 Å². The van der Waals surface area contributed by atoms with Crippen molar-refractivity contribution in [2.75, 3.05) is 23.9 Å². The van der Waals surface area contributed by atoms with Crippen LogP contribution in [0.1, 0.15) is 30.9 Å². The highest BCUT2D eigenvalue weighted by Gasteiger charge is 2.74. The maximum Gasteiger partial charge on any atom is 0.273 e. The summed E-state index contributed by atoms with van der Waals surface area (Å²) in [5.41, 5.74) is 1.15. The van der Waals surface area contributed by atoms with Crippen LogP contribution in [0.25, 0.3) is 0 Å². The second kappa shape index (κ2) is 7.35. The predicted octanol–water partition coefficient (Wildman–Crippen LogP) is 2.60. The number of ether oxygens (including phenoxy) is 1. The van der Waals surface area contributed by atoms with Crippen molar-refractivity contribution in [3.8, 4) is 5.75 Å². The van der Waals surface area contributed by atoms with Gasteiger partial charge >= 0.3 is 0 Å². The fourth-order valence-electron chi connectivity index (χ4n) is 6.79. The quantitative estimate of drug-likeness (QED) is 0.409. The lowest BCUT2D eigenvalue weighted by Gasteiger charge is -2.36. The maximum absolute atomic E-state index is 14.1. The molecule has 10 nitrogen and oxygen atoms in total. The van der Waals surface area contributed by atoms with Gasteiger partial charge in [0.2, 0.25) is 17.7 Å². The molecule has 0 radical (unpaired) electrons. The third-order valence-electron chi connectivity index (χ3n) is 8.11.